The lowest BCUT2D eigenvalue weighted by Gasteiger charge is -2.26. The molecule has 0 aromatic heterocycles. The van der Waals surface area contributed by atoms with E-state index in [4.69, 9.17) is 28.4 Å². The Kier molecular flexibility index (Phi) is 9.43. The first-order valence-corrected chi connectivity index (χ1v) is 8.63. The smallest absolute Gasteiger partial charge is 0.145 e. The van der Waals surface area contributed by atoms with E-state index in [0.717, 1.165) is 30.3 Å². The summed E-state index contributed by atoms with van der Waals surface area (Å²) in [6.07, 6.45) is 0. The van der Waals surface area contributed by atoms with Crippen molar-refractivity contribution in [2.75, 3.05) is 85.1 Å². The van der Waals surface area contributed by atoms with E-state index in [9.17, 15) is 0 Å². The van der Waals surface area contributed by atoms with Gasteiger partial charge in [0.15, 0.2) is 0 Å². The zero-order chi connectivity index (χ0) is 17.7. The molecular weight excluding hydrogens is 326 g/mol. The van der Waals surface area contributed by atoms with Gasteiger partial charge in [0.25, 0.3) is 0 Å². The summed E-state index contributed by atoms with van der Waals surface area (Å²) in [6.45, 7) is 6.15. The molecule has 2 rings (SSSR count). The van der Waals surface area contributed by atoms with Crippen LogP contribution in [0.4, 0.5) is 5.69 Å². The zero-order valence-electron chi connectivity index (χ0n) is 15.2. The van der Waals surface area contributed by atoms with Gasteiger partial charge >= 0.3 is 0 Å². The minimum absolute atomic E-state index is 0.573. The van der Waals surface area contributed by atoms with Gasteiger partial charge < -0.3 is 33.3 Å². The van der Waals surface area contributed by atoms with Gasteiger partial charge in [-0.2, -0.15) is 0 Å². The normalized spacial score (nSPS) is 18.9. The van der Waals surface area contributed by atoms with E-state index in [-0.39, 0.29) is 0 Å². The first-order chi connectivity index (χ1) is 12.3. The van der Waals surface area contributed by atoms with Gasteiger partial charge in [-0.15, -0.1) is 0 Å². The summed E-state index contributed by atoms with van der Waals surface area (Å²) in [4.78, 5) is 2.19. The van der Waals surface area contributed by atoms with Crippen LogP contribution in [-0.2, 0) is 18.9 Å². The maximum absolute atomic E-state index is 5.67. The summed E-state index contributed by atoms with van der Waals surface area (Å²) < 4.78 is 33.0. The number of benzene rings is 1. The predicted octanol–water partition coefficient (Wildman–Crippen LogP) is 1.59. The molecule has 1 aromatic rings. The molecule has 7 heteroatoms. The molecule has 0 bridgehead atoms. The van der Waals surface area contributed by atoms with Crippen molar-refractivity contribution < 1.29 is 28.4 Å². The molecule has 0 saturated carbocycles. The molecule has 25 heavy (non-hydrogen) atoms. The van der Waals surface area contributed by atoms with Crippen LogP contribution in [0, 0.1) is 0 Å². The number of rotatable bonds is 3. The minimum atomic E-state index is 0.573. The second-order valence-corrected chi connectivity index (χ2v) is 5.47. The lowest BCUT2D eigenvalue weighted by molar-refractivity contribution is 0.00206. The van der Waals surface area contributed by atoms with Crippen LogP contribution in [0.15, 0.2) is 18.2 Å². The fourth-order valence-corrected chi connectivity index (χ4v) is 2.51. The summed E-state index contributed by atoms with van der Waals surface area (Å²) in [5.74, 6) is 1.53. The van der Waals surface area contributed by atoms with Gasteiger partial charge in [-0.25, -0.2) is 0 Å². The van der Waals surface area contributed by atoms with Gasteiger partial charge in [-0.3, -0.25) is 0 Å². The largest absolute Gasteiger partial charge is 0.497 e. The molecule has 1 heterocycles. The van der Waals surface area contributed by atoms with Crippen LogP contribution >= 0.6 is 0 Å². The van der Waals surface area contributed by atoms with Crippen LogP contribution in [0.25, 0.3) is 0 Å². The monoisotopic (exact) mass is 355 g/mol. The first kappa shape index (κ1) is 19.8. The zero-order valence-corrected chi connectivity index (χ0v) is 15.2. The molecule has 0 amide bonds. The fourth-order valence-electron chi connectivity index (χ4n) is 2.51. The van der Waals surface area contributed by atoms with E-state index in [2.05, 4.69) is 4.90 Å². The third-order valence-corrected chi connectivity index (χ3v) is 3.85. The number of ether oxygens (including phenoxy) is 6. The predicted molar refractivity (Wildman–Crippen MR) is 95.0 cm³/mol. The highest BCUT2D eigenvalue weighted by Crippen LogP contribution is 2.32. The average Bonchev–Trinajstić information content (AvgIpc) is 2.66. The molecule has 1 saturated heterocycles. The molecule has 0 spiro atoms. The van der Waals surface area contributed by atoms with Gasteiger partial charge in [-0.1, -0.05) is 0 Å². The Morgan fingerprint density at radius 2 is 1.24 bits per heavy atom. The maximum atomic E-state index is 5.67. The van der Waals surface area contributed by atoms with Crippen molar-refractivity contribution in [2.24, 2.45) is 0 Å². The van der Waals surface area contributed by atoms with Gasteiger partial charge in [0.2, 0.25) is 0 Å². The van der Waals surface area contributed by atoms with Crippen molar-refractivity contribution in [3.63, 3.8) is 0 Å². The molecule has 0 unspecified atom stereocenters. The number of hydrogen-bond donors (Lipinski definition) is 0. The quantitative estimate of drug-likeness (QED) is 0.816. The van der Waals surface area contributed by atoms with Crippen LogP contribution < -0.4 is 14.4 Å². The van der Waals surface area contributed by atoms with Gasteiger partial charge in [0.05, 0.1) is 72.8 Å². The summed E-state index contributed by atoms with van der Waals surface area (Å²) in [5.41, 5.74) is 0.993. The molecule has 0 aliphatic carbocycles. The molecule has 0 radical (unpaired) electrons. The molecule has 7 nitrogen and oxygen atoms in total. The van der Waals surface area contributed by atoms with Crippen LogP contribution in [0.1, 0.15) is 0 Å². The summed E-state index contributed by atoms with van der Waals surface area (Å²) in [7, 11) is 3.30. The first-order valence-electron chi connectivity index (χ1n) is 8.63. The molecule has 0 N–H and O–H groups in total. The summed E-state index contributed by atoms with van der Waals surface area (Å²) in [6, 6.07) is 5.81. The lowest BCUT2D eigenvalue weighted by atomic mass is 10.2. The second-order valence-electron chi connectivity index (χ2n) is 5.47. The van der Waals surface area contributed by atoms with Crippen LogP contribution in [0.2, 0.25) is 0 Å². The Balaban J connectivity index is 2.01. The van der Waals surface area contributed by atoms with Crippen molar-refractivity contribution in [3.8, 4) is 11.5 Å². The van der Waals surface area contributed by atoms with Crippen molar-refractivity contribution in [2.45, 2.75) is 0 Å². The molecule has 1 aromatic carbocycles. The number of hydrogen-bond acceptors (Lipinski definition) is 7. The highest BCUT2D eigenvalue weighted by Gasteiger charge is 2.13. The van der Waals surface area contributed by atoms with Crippen LogP contribution in [0.5, 0.6) is 11.5 Å². The molecule has 1 fully saturated rings. The Hall–Kier alpha value is -1.54. The third-order valence-electron chi connectivity index (χ3n) is 3.85. The van der Waals surface area contributed by atoms with Crippen LogP contribution in [0.3, 0.4) is 0 Å². The highest BCUT2D eigenvalue weighted by atomic mass is 16.6. The number of anilines is 1. The third kappa shape index (κ3) is 7.07. The highest BCUT2D eigenvalue weighted by molar-refractivity contribution is 5.61. The molecular formula is C18H29NO6. The Morgan fingerprint density at radius 1 is 0.720 bits per heavy atom. The lowest BCUT2D eigenvalue weighted by Crippen LogP contribution is -2.32. The maximum Gasteiger partial charge on any atom is 0.145 e. The van der Waals surface area contributed by atoms with Crippen LogP contribution in [-0.4, -0.2) is 80.2 Å². The van der Waals surface area contributed by atoms with Crippen molar-refractivity contribution in [3.05, 3.63) is 18.2 Å². The van der Waals surface area contributed by atoms with Crippen molar-refractivity contribution in [1.82, 2.24) is 0 Å². The van der Waals surface area contributed by atoms with E-state index >= 15 is 0 Å². The van der Waals surface area contributed by atoms with Crippen molar-refractivity contribution in [1.29, 1.82) is 0 Å². The second kappa shape index (κ2) is 11.9. The van der Waals surface area contributed by atoms with E-state index in [1.54, 1.807) is 14.2 Å². The minimum Gasteiger partial charge on any atom is -0.497 e. The average molecular weight is 355 g/mol. The summed E-state index contributed by atoms with van der Waals surface area (Å²) in [5, 5.41) is 0. The standard InChI is InChI=1S/C18H29NO6/c1-20-16-3-4-17(18(15-16)21-2)19-5-7-22-9-11-24-13-14-25-12-10-23-8-6-19/h3-4,15H,5-14H2,1-2H3. The Labute approximate surface area is 149 Å². The van der Waals surface area contributed by atoms with Crippen molar-refractivity contribution >= 4 is 5.69 Å². The van der Waals surface area contributed by atoms with E-state index in [0.29, 0.717) is 52.9 Å². The molecule has 142 valence electrons. The Morgan fingerprint density at radius 3 is 1.72 bits per heavy atom. The number of nitrogens with zero attached hydrogens (tertiary/aromatic N) is 1. The van der Waals surface area contributed by atoms with Gasteiger partial charge in [-0.05, 0) is 12.1 Å². The summed E-state index contributed by atoms with van der Waals surface area (Å²) >= 11 is 0. The van der Waals surface area contributed by atoms with Gasteiger partial charge in [0, 0.05) is 19.2 Å². The SMILES string of the molecule is COc1ccc(N2CCOCCOCCOCCOCC2)c(OC)c1. The molecule has 1 aliphatic rings. The number of methoxy groups -OCH3 is 2. The fraction of sp³-hybridized carbons (Fsp3) is 0.667. The molecule has 1 aliphatic heterocycles. The Bertz CT molecular complexity index is 469. The topological polar surface area (TPSA) is 58.6 Å². The van der Waals surface area contributed by atoms with E-state index in [1.165, 1.54) is 0 Å². The van der Waals surface area contributed by atoms with Gasteiger partial charge in [0.1, 0.15) is 11.5 Å². The van der Waals surface area contributed by atoms with E-state index in [1.807, 2.05) is 18.2 Å². The molecule has 0 atom stereocenters. The van der Waals surface area contributed by atoms with E-state index < -0.39 is 0 Å².